The Bertz CT molecular complexity index is 309. The van der Waals surface area contributed by atoms with E-state index in [1.807, 2.05) is 0 Å². The lowest BCUT2D eigenvalue weighted by molar-refractivity contribution is 0.0819. The van der Waals surface area contributed by atoms with E-state index in [1.54, 1.807) is 0 Å². The van der Waals surface area contributed by atoms with E-state index in [-0.39, 0.29) is 15.9 Å². The highest BCUT2D eigenvalue weighted by atomic mass is 79.9. The third-order valence-electron chi connectivity index (χ3n) is 1.39. The van der Waals surface area contributed by atoms with Crippen LogP contribution in [0.3, 0.4) is 0 Å². The summed E-state index contributed by atoms with van der Waals surface area (Å²) in [6.07, 6.45) is -2.59. The van der Waals surface area contributed by atoms with Gasteiger partial charge < -0.3 is 10.5 Å². The summed E-state index contributed by atoms with van der Waals surface area (Å²) in [7, 11) is 0. The molecular formula is C8H7BrF3NO. The molecule has 0 atom stereocenters. The van der Waals surface area contributed by atoms with Crippen LogP contribution in [0.15, 0.2) is 16.6 Å². The van der Waals surface area contributed by atoms with Crippen molar-refractivity contribution in [3.05, 3.63) is 22.4 Å². The minimum absolute atomic E-state index is 0.0162. The molecule has 1 aromatic carbocycles. The summed E-state index contributed by atoms with van der Waals surface area (Å²) in [6, 6.07) is 2.10. The average molecular weight is 270 g/mol. The summed E-state index contributed by atoms with van der Waals surface area (Å²) in [4.78, 5) is 0. The molecule has 1 rings (SSSR count). The van der Waals surface area contributed by atoms with Crippen LogP contribution in [0.1, 0.15) is 0 Å². The molecule has 78 valence electrons. The standard InChI is InChI=1S/C8H7BrF3NO/c9-5-1-4(10)2-6(13)8(5)14-3-7(11)12/h1-2,7H,3,13H2. The fraction of sp³-hybridized carbons (Fsp3) is 0.250. The van der Waals surface area contributed by atoms with Crippen molar-refractivity contribution < 1.29 is 17.9 Å². The van der Waals surface area contributed by atoms with Gasteiger partial charge in [-0.25, -0.2) is 13.2 Å². The molecule has 0 heterocycles. The molecule has 2 N–H and O–H groups in total. The molecule has 0 aliphatic heterocycles. The Morgan fingerprint density at radius 3 is 2.57 bits per heavy atom. The van der Waals surface area contributed by atoms with Gasteiger partial charge in [-0.3, -0.25) is 0 Å². The molecule has 14 heavy (non-hydrogen) atoms. The van der Waals surface area contributed by atoms with Gasteiger partial charge in [0.15, 0.2) is 5.75 Å². The zero-order valence-electron chi connectivity index (χ0n) is 6.94. The van der Waals surface area contributed by atoms with Crippen LogP contribution < -0.4 is 10.5 Å². The molecule has 0 bridgehead atoms. The number of halogens is 4. The second kappa shape index (κ2) is 4.54. The van der Waals surface area contributed by atoms with Gasteiger partial charge in [0.05, 0.1) is 10.2 Å². The molecule has 0 aliphatic rings. The second-order valence-electron chi connectivity index (χ2n) is 2.51. The third kappa shape index (κ3) is 2.80. The molecule has 6 heteroatoms. The highest BCUT2D eigenvalue weighted by Gasteiger charge is 2.11. The Morgan fingerprint density at radius 2 is 2.07 bits per heavy atom. The average Bonchev–Trinajstić information content (AvgIpc) is 2.01. The lowest BCUT2D eigenvalue weighted by Crippen LogP contribution is -2.09. The van der Waals surface area contributed by atoms with Crippen molar-refractivity contribution in [1.29, 1.82) is 0 Å². The molecule has 0 aliphatic carbocycles. The van der Waals surface area contributed by atoms with Gasteiger partial charge in [-0.15, -0.1) is 0 Å². The second-order valence-corrected chi connectivity index (χ2v) is 3.36. The van der Waals surface area contributed by atoms with E-state index in [1.165, 1.54) is 0 Å². The minimum atomic E-state index is -2.59. The Balaban J connectivity index is 2.86. The van der Waals surface area contributed by atoms with Crippen LogP contribution in [0.25, 0.3) is 0 Å². The first-order chi connectivity index (χ1) is 6.50. The van der Waals surface area contributed by atoms with Gasteiger partial charge in [-0.2, -0.15) is 0 Å². The summed E-state index contributed by atoms with van der Waals surface area (Å²) in [6.45, 7) is -0.769. The molecule has 1 aromatic rings. The maximum Gasteiger partial charge on any atom is 0.272 e. The normalized spacial score (nSPS) is 10.6. The number of hydrogen-bond acceptors (Lipinski definition) is 2. The van der Waals surface area contributed by atoms with Crippen LogP contribution in [0.2, 0.25) is 0 Å². The van der Waals surface area contributed by atoms with E-state index < -0.39 is 18.8 Å². The van der Waals surface area contributed by atoms with Crippen LogP contribution in [0.5, 0.6) is 5.75 Å². The predicted octanol–water partition coefficient (Wildman–Crippen LogP) is 2.81. The topological polar surface area (TPSA) is 35.2 Å². The molecule has 0 aromatic heterocycles. The van der Waals surface area contributed by atoms with Crippen molar-refractivity contribution in [2.24, 2.45) is 0 Å². The maximum atomic E-state index is 12.7. The quantitative estimate of drug-likeness (QED) is 0.857. The van der Waals surface area contributed by atoms with Crippen molar-refractivity contribution in [2.45, 2.75) is 6.43 Å². The van der Waals surface area contributed by atoms with Gasteiger partial charge in [0.1, 0.15) is 12.4 Å². The summed E-state index contributed by atoms with van der Waals surface area (Å²) >= 11 is 2.96. The highest BCUT2D eigenvalue weighted by Crippen LogP contribution is 2.32. The molecule has 0 fully saturated rings. The van der Waals surface area contributed by atoms with E-state index >= 15 is 0 Å². The molecule has 0 spiro atoms. The Labute approximate surface area is 87.0 Å². The van der Waals surface area contributed by atoms with E-state index in [9.17, 15) is 13.2 Å². The lowest BCUT2D eigenvalue weighted by atomic mass is 10.3. The molecule has 0 unspecified atom stereocenters. The smallest absolute Gasteiger partial charge is 0.272 e. The number of nitrogen functional groups attached to an aromatic ring is 1. The van der Waals surface area contributed by atoms with Gasteiger partial charge in [-0.1, -0.05) is 0 Å². The van der Waals surface area contributed by atoms with Crippen LogP contribution in [-0.2, 0) is 0 Å². The number of ether oxygens (including phenoxy) is 1. The largest absolute Gasteiger partial charge is 0.484 e. The van der Waals surface area contributed by atoms with Crippen molar-refractivity contribution >= 4 is 21.6 Å². The van der Waals surface area contributed by atoms with E-state index in [4.69, 9.17) is 10.5 Å². The first-order valence-corrected chi connectivity index (χ1v) is 4.45. The maximum absolute atomic E-state index is 12.7. The van der Waals surface area contributed by atoms with E-state index in [0.717, 1.165) is 12.1 Å². The number of rotatable bonds is 3. The van der Waals surface area contributed by atoms with Gasteiger partial charge >= 0.3 is 0 Å². The van der Waals surface area contributed by atoms with Crippen molar-refractivity contribution in [3.8, 4) is 5.75 Å². The summed E-state index contributed by atoms with van der Waals surface area (Å²) < 4.78 is 41.2. The monoisotopic (exact) mass is 269 g/mol. The summed E-state index contributed by atoms with van der Waals surface area (Å²) in [5.41, 5.74) is 5.35. The lowest BCUT2D eigenvalue weighted by Gasteiger charge is -2.10. The van der Waals surface area contributed by atoms with Gasteiger partial charge in [0.2, 0.25) is 0 Å². The zero-order chi connectivity index (χ0) is 10.7. The fourth-order valence-electron chi connectivity index (χ4n) is 0.879. The highest BCUT2D eigenvalue weighted by molar-refractivity contribution is 9.10. The van der Waals surface area contributed by atoms with E-state index in [0.29, 0.717) is 0 Å². The SMILES string of the molecule is Nc1cc(F)cc(Br)c1OCC(F)F. The fourth-order valence-corrected chi connectivity index (χ4v) is 1.44. The first-order valence-electron chi connectivity index (χ1n) is 3.66. The molecule has 0 saturated carbocycles. The van der Waals surface area contributed by atoms with Crippen molar-refractivity contribution in [1.82, 2.24) is 0 Å². The molecule has 0 saturated heterocycles. The number of hydrogen-bond donors (Lipinski definition) is 1. The van der Waals surface area contributed by atoms with Gasteiger partial charge in [-0.05, 0) is 22.0 Å². The molecule has 2 nitrogen and oxygen atoms in total. The number of anilines is 1. The number of nitrogens with two attached hydrogens (primary N) is 1. The van der Waals surface area contributed by atoms with Crippen LogP contribution >= 0.6 is 15.9 Å². The molecule has 0 amide bonds. The Kier molecular flexibility index (Phi) is 3.62. The zero-order valence-corrected chi connectivity index (χ0v) is 8.52. The number of alkyl halides is 2. The first kappa shape index (κ1) is 11.2. The molecule has 0 radical (unpaired) electrons. The van der Waals surface area contributed by atoms with Gasteiger partial charge in [0, 0.05) is 6.07 Å². The van der Waals surface area contributed by atoms with Crippen molar-refractivity contribution in [2.75, 3.05) is 12.3 Å². The Morgan fingerprint density at radius 1 is 1.43 bits per heavy atom. The summed E-state index contributed by atoms with van der Waals surface area (Å²) in [5, 5.41) is 0. The van der Waals surface area contributed by atoms with Crippen molar-refractivity contribution in [3.63, 3.8) is 0 Å². The Hall–Kier alpha value is -0.910. The molecular weight excluding hydrogens is 263 g/mol. The van der Waals surface area contributed by atoms with E-state index in [2.05, 4.69) is 15.9 Å². The minimum Gasteiger partial charge on any atom is -0.484 e. The van der Waals surface area contributed by atoms with Gasteiger partial charge in [0.25, 0.3) is 6.43 Å². The van der Waals surface area contributed by atoms with Crippen LogP contribution in [0.4, 0.5) is 18.9 Å². The summed E-state index contributed by atoms with van der Waals surface area (Å²) in [5.74, 6) is -0.523. The van der Waals surface area contributed by atoms with Crippen LogP contribution in [-0.4, -0.2) is 13.0 Å². The predicted molar refractivity (Wildman–Crippen MR) is 50.0 cm³/mol. The number of benzene rings is 1. The van der Waals surface area contributed by atoms with Crippen LogP contribution in [0, 0.1) is 5.82 Å². The third-order valence-corrected chi connectivity index (χ3v) is 1.98.